The third-order valence-electron chi connectivity index (χ3n) is 4.03. The van der Waals surface area contributed by atoms with Crippen LogP contribution in [0.3, 0.4) is 0 Å². The zero-order valence-corrected chi connectivity index (χ0v) is 13.8. The van der Waals surface area contributed by atoms with E-state index < -0.39 is 11.6 Å². The average Bonchev–Trinajstić information content (AvgIpc) is 3.26. The molecule has 8 heteroatoms. The first-order valence-electron chi connectivity index (χ1n) is 7.71. The molecule has 0 unspecified atom stereocenters. The SMILES string of the molecule is O=C1NC[C@@H](NCc2cc(F)ccc2F)n2nc(-c3cccs3)cc21. The van der Waals surface area contributed by atoms with Crippen molar-refractivity contribution in [1.82, 2.24) is 20.4 Å². The summed E-state index contributed by atoms with van der Waals surface area (Å²) in [6.45, 7) is 0.437. The van der Waals surface area contributed by atoms with Crippen LogP contribution in [0.15, 0.2) is 41.8 Å². The Balaban J connectivity index is 1.59. The highest BCUT2D eigenvalue weighted by molar-refractivity contribution is 7.13. The zero-order valence-electron chi connectivity index (χ0n) is 13.0. The van der Waals surface area contributed by atoms with E-state index in [0.29, 0.717) is 17.9 Å². The number of thiophene rings is 1. The van der Waals surface area contributed by atoms with Crippen LogP contribution < -0.4 is 10.6 Å². The summed E-state index contributed by atoms with van der Waals surface area (Å²) in [5.41, 5.74) is 1.38. The average molecular weight is 360 g/mol. The second-order valence-electron chi connectivity index (χ2n) is 5.68. The summed E-state index contributed by atoms with van der Waals surface area (Å²) in [4.78, 5) is 13.0. The van der Waals surface area contributed by atoms with Gasteiger partial charge in [0.05, 0.1) is 11.4 Å². The van der Waals surface area contributed by atoms with E-state index in [2.05, 4.69) is 15.7 Å². The molecule has 25 heavy (non-hydrogen) atoms. The van der Waals surface area contributed by atoms with Gasteiger partial charge in [-0.3, -0.25) is 10.1 Å². The predicted octanol–water partition coefficient (Wildman–Crippen LogP) is 2.92. The van der Waals surface area contributed by atoms with Gasteiger partial charge in [-0.25, -0.2) is 13.5 Å². The lowest BCUT2D eigenvalue weighted by molar-refractivity contribution is 0.0900. The smallest absolute Gasteiger partial charge is 0.269 e. The van der Waals surface area contributed by atoms with Crippen molar-refractivity contribution >= 4 is 17.2 Å². The maximum atomic E-state index is 13.8. The number of nitrogens with one attached hydrogen (secondary N) is 2. The number of fused-ring (bicyclic) bond motifs is 1. The Kier molecular flexibility index (Phi) is 4.06. The van der Waals surface area contributed by atoms with E-state index in [1.165, 1.54) is 11.3 Å². The number of carbonyl (C=O) groups is 1. The van der Waals surface area contributed by atoms with Gasteiger partial charge in [0.25, 0.3) is 5.91 Å². The predicted molar refractivity (Wildman–Crippen MR) is 90.1 cm³/mol. The molecule has 0 saturated carbocycles. The number of nitrogens with zero attached hydrogens (tertiary/aromatic N) is 2. The van der Waals surface area contributed by atoms with Crippen molar-refractivity contribution < 1.29 is 13.6 Å². The van der Waals surface area contributed by atoms with E-state index in [1.807, 2.05) is 17.5 Å². The van der Waals surface area contributed by atoms with Crippen molar-refractivity contribution in [3.05, 3.63) is 64.7 Å². The monoisotopic (exact) mass is 360 g/mol. The van der Waals surface area contributed by atoms with Crippen molar-refractivity contribution in [1.29, 1.82) is 0 Å². The van der Waals surface area contributed by atoms with Gasteiger partial charge in [0.1, 0.15) is 29.2 Å². The molecule has 1 aliphatic heterocycles. The standard InChI is InChI=1S/C17H14F2N4OS/c18-11-3-4-12(19)10(6-11)8-20-16-9-21-17(24)14-7-13(22-23(14)16)15-2-1-5-25-15/h1-7,16,20H,8-9H2,(H,21,24)/t16-/m0/s1. The maximum Gasteiger partial charge on any atom is 0.269 e. The van der Waals surface area contributed by atoms with Crippen LogP contribution in [0.25, 0.3) is 10.6 Å². The molecule has 3 heterocycles. The van der Waals surface area contributed by atoms with Gasteiger partial charge in [0, 0.05) is 12.1 Å². The molecule has 0 radical (unpaired) electrons. The molecule has 3 aromatic rings. The summed E-state index contributed by atoms with van der Waals surface area (Å²) >= 11 is 1.54. The third-order valence-corrected chi connectivity index (χ3v) is 4.92. The molecule has 0 bridgehead atoms. The lowest BCUT2D eigenvalue weighted by Crippen LogP contribution is -2.45. The lowest BCUT2D eigenvalue weighted by atomic mass is 10.2. The summed E-state index contributed by atoms with van der Waals surface area (Å²) in [6, 6.07) is 8.92. The summed E-state index contributed by atoms with van der Waals surface area (Å²) in [6.07, 6.45) is -0.343. The normalized spacial score (nSPS) is 16.6. The molecule has 2 N–H and O–H groups in total. The molecule has 1 amide bonds. The molecule has 1 atom stereocenters. The number of rotatable bonds is 4. The molecule has 0 aliphatic carbocycles. The molecule has 1 aromatic carbocycles. The molecule has 4 rings (SSSR count). The fourth-order valence-corrected chi connectivity index (χ4v) is 3.46. The molecule has 5 nitrogen and oxygen atoms in total. The highest BCUT2D eigenvalue weighted by Crippen LogP contribution is 2.26. The Morgan fingerprint density at radius 2 is 2.20 bits per heavy atom. The number of hydrogen-bond donors (Lipinski definition) is 2. The van der Waals surface area contributed by atoms with E-state index in [1.54, 1.807) is 10.7 Å². The molecule has 128 valence electrons. The summed E-state index contributed by atoms with van der Waals surface area (Å²) in [7, 11) is 0. The quantitative estimate of drug-likeness (QED) is 0.752. The van der Waals surface area contributed by atoms with Crippen LogP contribution in [0.1, 0.15) is 22.2 Å². The second-order valence-corrected chi connectivity index (χ2v) is 6.63. The van der Waals surface area contributed by atoms with Crippen molar-refractivity contribution in [2.45, 2.75) is 12.7 Å². The van der Waals surface area contributed by atoms with Gasteiger partial charge < -0.3 is 5.32 Å². The van der Waals surface area contributed by atoms with Crippen molar-refractivity contribution in [2.75, 3.05) is 6.54 Å². The molecule has 2 aromatic heterocycles. The number of hydrogen-bond acceptors (Lipinski definition) is 4. The van der Waals surface area contributed by atoms with Crippen LogP contribution in [0.5, 0.6) is 0 Å². The minimum Gasteiger partial charge on any atom is -0.347 e. The summed E-state index contributed by atoms with van der Waals surface area (Å²) in [5, 5.41) is 12.4. The Hall–Kier alpha value is -2.58. The Morgan fingerprint density at radius 3 is 3.00 bits per heavy atom. The van der Waals surface area contributed by atoms with Gasteiger partial charge in [-0.05, 0) is 35.7 Å². The largest absolute Gasteiger partial charge is 0.347 e. The highest BCUT2D eigenvalue weighted by Gasteiger charge is 2.27. The van der Waals surface area contributed by atoms with Crippen LogP contribution in [-0.4, -0.2) is 22.2 Å². The van der Waals surface area contributed by atoms with Crippen molar-refractivity contribution in [3.63, 3.8) is 0 Å². The molecule has 0 saturated heterocycles. The first-order valence-corrected chi connectivity index (χ1v) is 8.59. The third kappa shape index (κ3) is 3.06. The lowest BCUT2D eigenvalue weighted by Gasteiger charge is -2.25. The van der Waals surface area contributed by atoms with Gasteiger partial charge in [0.2, 0.25) is 0 Å². The summed E-state index contributed by atoms with van der Waals surface area (Å²) < 4.78 is 28.7. The Labute approximate surface area is 146 Å². The van der Waals surface area contributed by atoms with E-state index in [4.69, 9.17) is 0 Å². The fraction of sp³-hybridized carbons (Fsp3) is 0.176. The maximum absolute atomic E-state index is 13.8. The molecule has 0 spiro atoms. The van der Waals surface area contributed by atoms with Crippen LogP contribution in [0.2, 0.25) is 0 Å². The van der Waals surface area contributed by atoms with Crippen molar-refractivity contribution in [2.24, 2.45) is 0 Å². The number of carbonyl (C=O) groups excluding carboxylic acids is 1. The van der Waals surface area contributed by atoms with Crippen LogP contribution >= 0.6 is 11.3 Å². The molecular formula is C17H14F2N4OS. The van der Waals surface area contributed by atoms with Gasteiger partial charge in [-0.15, -0.1) is 11.3 Å². The first-order chi connectivity index (χ1) is 12.1. The molecule has 0 fully saturated rings. The minimum absolute atomic E-state index is 0.123. The van der Waals surface area contributed by atoms with Crippen LogP contribution in [0, 0.1) is 11.6 Å². The van der Waals surface area contributed by atoms with Crippen LogP contribution in [-0.2, 0) is 6.54 Å². The summed E-state index contributed by atoms with van der Waals surface area (Å²) in [5.74, 6) is -1.17. The molecule has 1 aliphatic rings. The Morgan fingerprint density at radius 1 is 1.32 bits per heavy atom. The van der Waals surface area contributed by atoms with Crippen molar-refractivity contribution in [3.8, 4) is 10.6 Å². The van der Waals surface area contributed by atoms with Gasteiger partial charge in [-0.2, -0.15) is 5.10 Å². The number of benzene rings is 1. The van der Waals surface area contributed by atoms with Gasteiger partial charge in [-0.1, -0.05) is 6.07 Å². The van der Waals surface area contributed by atoms with E-state index >= 15 is 0 Å². The first kappa shape index (κ1) is 15.9. The molecular weight excluding hydrogens is 346 g/mol. The number of amides is 1. The zero-order chi connectivity index (χ0) is 17.4. The van der Waals surface area contributed by atoms with Crippen LogP contribution in [0.4, 0.5) is 8.78 Å². The fourth-order valence-electron chi connectivity index (χ4n) is 2.78. The van der Waals surface area contributed by atoms with E-state index in [9.17, 15) is 13.6 Å². The minimum atomic E-state index is -0.491. The van der Waals surface area contributed by atoms with E-state index in [0.717, 1.165) is 23.1 Å². The van der Waals surface area contributed by atoms with Gasteiger partial charge >= 0.3 is 0 Å². The topological polar surface area (TPSA) is 59.0 Å². The number of aromatic nitrogens is 2. The van der Waals surface area contributed by atoms with E-state index in [-0.39, 0.29) is 24.2 Å². The van der Waals surface area contributed by atoms with Gasteiger partial charge in [0.15, 0.2) is 0 Å². The number of halogens is 2. The highest BCUT2D eigenvalue weighted by atomic mass is 32.1. The second kappa shape index (κ2) is 6.38. The Bertz CT molecular complexity index is 923.